The fourth-order valence-electron chi connectivity index (χ4n) is 1.16. The fraction of sp³-hybridized carbons (Fsp3) is 0. The predicted molar refractivity (Wildman–Crippen MR) is 67.9 cm³/mol. The summed E-state index contributed by atoms with van der Waals surface area (Å²) in [7, 11) is 0. The Bertz CT molecular complexity index is 570. The molecule has 0 aliphatic carbocycles. The molecule has 1 aromatic heterocycles. The highest BCUT2D eigenvalue weighted by atomic mass is 79.9. The maximum absolute atomic E-state index is 11.7. The number of benzene rings is 1. The molecular weight excluding hydrogens is 309 g/mol. The van der Waals surface area contributed by atoms with Gasteiger partial charge in [-0.15, -0.1) is 5.10 Å². The number of carbonyl (C=O) groups is 1. The molecule has 0 radical (unpaired) electrons. The third kappa shape index (κ3) is 2.56. The fourth-order valence-corrected chi connectivity index (χ4v) is 1.70. The van der Waals surface area contributed by atoms with Gasteiger partial charge in [0.2, 0.25) is 11.8 Å². The summed E-state index contributed by atoms with van der Waals surface area (Å²) in [5, 5.41) is 9.10. The maximum atomic E-state index is 11.7. The highest BCUT2D eigenvalue weighted by molar-refractivity contribution is 9.10. The predicted octanol–water partition coefficient (Wildman–Crippen LogP) is 2.06. The molecule has 0 saturated carbocycles. The summed E-state index contributed by atoms with van der Waals surface area (Å²) in [5.74, 6) is -0.396. The van der Waals surface area contributed by atoms with Crippen LogP contribution in [0.3, 0.4) is 0 Å². The molecule has 1 aromatic carbocycles. The number of hydrogen-bond donors (Lipinski definition) is 3. The van der Waals surface area contributed by atoms with Gasteiger partial charge in [0.1, 0.15) is 0 Å². The van der Waals surface area contributed by atoms with Crippen LogP contribution in [-0.4, -0.2) is 21.1 Å². The molecule has 8 heteroatoms. The van der Waals surface area contributed by atoms with Crippen LogP contribution in [0.25, 0.3) is 0 Å². The molecule has 0 fully saturated rings. The first-order valence-electron chi connectivity index (χ1n) is 4.51. The first-order valence-corrected chi connectivity index (χ1v) is 5.68. The molecule has 0 atom stereocenters. The number of hydrogen-bond acceptors (Lipinski definition) is 4. The molecule has 0 aliphatic heterocycles. The van der Waals surface area contributed by atoms with Crippen molar-refractivity contribution < 1.29 is 4.79 Å². The Balaban J connectivity index is 2.21. The van der Waals surface area contributed by atoms with Gasteiger partial charge in [0, 0.05) is 0 Å². The van der Waals surface area contributed by atoms with Crippen molar-refractivity contribution in [2.24, 2.45) is 0 Å². The lowest BCUT2D eigenvalue weighted by atomic mass is 10.3. The molecule has 2 aromatic rings. The van der Waals surface area contributed by atoms with E-state index in [-0.39, 0.29) is 11.8 Å². The number of nitrogens with two attached hydrogens (primary N) is 1. The van der Waals surface area contributed by atoms with Gasteiger partial charge >= 0.3 is 0 Å². The molecule has 88 valence electrons. The summed E-state index contributed by atoms with van der Waals surface area (Å²) in [4.78, 5) is 15.4. The Kier molecular flexibility index (Phi) is 3.30. The van der Waals surface area contributed by atoms with E-state index in [1.165, 1.54) is 0 Å². The monoisotopic (exact) mass is 315 g/mol. The second-order valence-electron chi connectivity index (χ2n) is 3.10. The topological polar surface area (TPSA) is 96.7 Å². The second kappa shape index (κ2) is 4.72. The Morgan fingerprint density at radius 2 is 2.29 bits per heavy atom. The van der Waals surface area contributed by atoms with Gasteiger partial charge in [-0.1, -0.05) is 17.7 Å². The van der Waals surface area contributed by atoms with Crippen LogP contribution in [0.5, 0.6) is 0 Å². The average Bonchev–Trinajstić information content (AvgIpc) is 2.72. The Labute approximate surface area is 110 Å². The SMILES string of the molecule is Nc1n[nH]c(C(=O)Nc2cccc(Cl)c2Br)n1. The van der Waals surface area contributed by atoms with Crippen molar-refractivity contribution in [3.63, 3.8) is 0 Å². The summed E-state index contributed by atoms with van der Waals surface area (Å²) in [6.45, 7) is 0. The van der Waals surface area contributed by atoms with E-state index in [0.717, 1.165) is 0 Å². The van der Waals surface area contributed by atoms with Crippen LogP contribution < -0.4 is 11.1 Å². The van der Waals surface area contributed by atoms with Crippen LogP contribution >= 0.6 is 27.5 Å². The van der Waals surface area contributed by atoms with Gasteiger partial charge in [-0.3, -0.25) is 9.89 Å². The first-order chi connectivity index (χ1) is 8.08. The number of carbonyl (C=O) groups excluding carboxylic acids is 1. The van der Waals surface area contributed by atoms with Crippen molar-refractivity contribution in [1.29, 1.82) is 0 Å². The Morgan fingerprint density at radius 3 is 2.94 bits per heavy atom. The minimum Gasteiger partial charge on any atom is -0.366 e. The summed E-state index contributed by atoms with van der Waals surface area (Å²) < 4.78 is 0.600. The van der Waals surface area contributed by atoms with Crippen LogP contribution in [0.15, 0.2) is 22.7 Å². The zero-order valence-electron chi connectivity index (χ0n) is 8.37. The number of rotatable bonds is 2. The van der Waals surface area contributed by atoms with Gasteiger partial charge < -0.3 is 11.1 Å². The zero-order valence-corrected chi connectivity index (χ0v) is 10.7. The van der Waals surface area contributed by atoms with Crippen molar-refractivity contribution in [3.8, 4) is 0 Å². The summed E-state index contributed by atoms with van der Waals surface area (Å²) in [6, 6.07) is 5.12. The highest BCUT2D eigenvalue weighted by Gasteiger charge is 2.13. The quantitative estimate of drug-likeness (QED) is 0.790. The number of aromatic nitrogens is 3. The summed E-state index contributed by atoms with van der Waals surface area (Å²) in [6.07, 6.45) is 0. The smallest absolute Gasteiger partial charge is 0.293 e. The van der Waals surface area contributed by atoms with E-state index in [4.69, 9.17) is 17.3 Å². The third-order valence-electron chi connectivity index (χ3n) is 1.92. The molecule has 1 heterocycles. The van der Waals surface area contributed by atoms with Gasteiger partial charge in [-0.05, 0) is 28.1 Å². The Morgan fingerprint density at radius 1 is 1.53 bits per heavy atom. The largest absolute Gasteiger partial charge is 0.366 e. The molecule has 2 rings (SSSR count). The lowest BCUT2D eigenvalue weighted by Crippen LogP contribution is -2.14. The number of nitrogens with one attached hydrogen (secondary N) is 2. The number of anilines is 2. The highest BCUT2D eigenvalue weighted by Crippen LogP contribution is 2.30. The van der Waals surface area contributed by atoms with Gasteiger partial charge in [0.05, 0.1) is 15.2 Å². The molecule has 0 saturated heterocycles. The van der Waals surface area contributed by atoms with Crippen molar-refractivity contribution in [2.75, 3.05) is 11.1 Å². The van der Waals surface area contributed by atoms with Crippen LogP contribution in [0.1, 0.15) is 10.6 Å². The Hall–Kier alpha value is -1.60. The number of amides is 1. The average molecular weight is 317 g/mol. The molecular formula is C9H7BrClN5O. The summed E-state index contributed by atoms with van der Waals surface area (Å²) >= 11 is 9.16. The lowest BCUT2D eigenvalue weighted by Gasteiger charge is -2.06. The minimum absolute atomic E-state index is 0.0142. The van der Waals surface area contributed by atoms with Crippen LogP contribution in [0.4, 0.5) is 11.6 Å². The number of nitrogens with zero attached hydrogens (tertiary/aromatic N) is 2. The van der Waals surface area contributed by atoms with E-state index in [2.05, 4.69) is 36.4 Å². The maximum Gasteiger partial charge on any atom is 0.293 e. The number of halogens is 2. The molecule has 6 nitrogen and oxygen atoms in total. The number of nitrogen functional groups attached to an aromatic ring is 1. The molecule has 0 unspecified atom stereocenters. The van der Waals surface area contributed by atoms with E-state index in [9.17, 15) is 4.79 Å². The van der Waals surface area contributed by atoms with Gasteiger partial charge in [-0.25, -0.2) is 0 Å². The second-order valence-corrected chi connectivity index (χ2v) is 4.30. The molecule has 0 spiro atoms. The summed E-state index contributed by atoms with van der Waals surface area (Å²) in [5.41, 5.74) is 5.84. The van der Waals surface area contributed by atoms with Crippen molar-refractivity contribution in [3.05, 3.63) is 33.5 Å². The van der Waals surface area contributed by atoms with E-state index < -0.39 is 5.91 Å². The van der Waals surface area contributed by atoms with E-state index in [1.54, 1.807) is 18.2 Å². The van der Waals surface area contributed by atoms with Crippen LogP contribution in [-0.2, 0) is 0 Å². The lowest BCUT2D eigenvalue weighted by molar-refractivity contribution is 0.101. The van der Waals surface area contributed by atoms with Crippen molar-refractivity contribution >= 4 is 45.1 Å². The molecule has 0 bridgehead atoms. The number of H-pyrrole nitrogens is 1. The molecule has 17 heavy (non-hydrogen) atoms. The van der Waals surface area contributed by atoms with Gasteiger partial charge in [0.25, 0.3) is 5.91 Å². The third-order valence-corrected chi connectivity index (χ3v) is 3.32. The van der Waals surface area contributed by atoms with Crippen molar-refractivity contribution in [1.82, 2.24) is 15.2 Å². The standard InChI is InChI=1S/C9H7BrClN5O/c10-6-4(11)2-1-3-5(6)13-8(17)7-14-9(12)16-15-7/h1-3H,(H,13,17)(H3,12,14,15,16). The van der Waals surface area contributed by atoms with Gasteiger partial charge in [0.15, 0.2) is 0 Å². The normalized spacial score (nSPS) is 10.2. The van der Waals surface area contributed by atoms with E-state index >= 15 is 0 Å². The van der Waals surface area contributed by atoms with E-state index in [0.29, 0.717) is 15.2 Å². The molecule has 1 amide bonds. The minimum atomic E-state index is -0.447. The number of aromatic amines is 1. The van der Waals surface area contributed by atoms with Crippen LogP contribution in [0.2, 0.25) is 5.02 Å². The zero-order chi connectivity index (χ0) is 12.4. The van der Waals surface area contributed by atoms with Crippen LogP contribution in [0, 0.1) is 0 Å². The molecule has 0 aliphatic rings. The van der Waals surface area contributed by atoms with Crippen molar-refractivity contribution in [2.45, 2.75) is 0 Å². The van der Waals surface area contributed by atoms with E-state index in [1.807, 2.05) is 0 Å². The molecule has 4 N–H and O–H groups in total. The first kappa shape index (κ1) is 11.9. The van der Waals surface area contributed by atoms with Gasteiger partial charge in [-0.2, -0.15) is 4.98 Å².